The van der Waals surface area contributed by atoms with E-state index in [1.54, 1.807) is 18.2 Å². The average Bonchev–Trinajstić information content (AvgIpc) is 2.80. The third kappa shape index (κ3) is 4.25. The number of ether oxygens (including phenoxy) is 1. The van der Waals surface area contributed by atoms with Gasteiger partial charge in [-0.25, -0.2) is 0 Å². The van der Waals surface area contributed by atoms with E-state index in [1.807, 2.05) is 88.0 Å². The predicted molar refractivity (Wildman–Crippen MR) is 136 cm³/mol. The van der Waals surface area contributed by atoms with Gasteiger partial charge in [0.05, 0.1) is 17.1 Å². The van der Waals surface area contributed by atoms with Crippen molar-refractivity contribution in [2.24, 2.45) is 0 Å². The Hall–Kier alpha value is -4.12. The van der Waals surface area contributed by atoms with Crippen molar-refractivity contribution in [2.45, 2.75) is 34.6 Å². The van der Waals surface area contributed by atoms with Crippen LogP contribution in [0, 0.1) is 34.6 Å². The van der Waals surface area contributed by atoms with E-state index in [0.29, 0.717) is 28.6 Å². The summed E-state index contributed by atoms with van der Waals surface area (Å²) in [5, 5.41) is 32.1. The number of hydrogen-bond donors (Lipinski definition) is 3. The van der Waals surface area contributed by atoms with Crippen LogP contribution in [0.2, 0.25) is 0 Å². The molecule has 5 heteroatoms. The lowest BCUT2D eigenvalue weighted by Gasteiger charge is -2.30. The summed E-state index contributed by atoms with van der Waals surface area (Å²) >= 11 is 0. The van der Waals surface area contributed by atoms with E-state index >= 15 is 0 Å². The first-order valence-corrected chi connectivity index (χ1v) is 11.1. The number of rotatable bonds is 5. The van der Waals surface area contributed by atoms with Gasteiger partial charge in [0.25, 0.3) is 0 Å². The highest BCUT2D eigenvalue weighted by Gasteiger charge is 2.24. The summed E-state index contributed by atoms with van der Waals surface area (Å²) in [5.41, 5.74) is 5.97. The minimum absolute atomic E-state index is 0.124. The molecule has 34 heavy (non-hydrogen) atoms. The molecule has 174 valence electrons. The second kappa shape index (κ2) is 9.02. The highest BCUT2D eigenvalue weighted by atomic mass is 16.5. The topological polar surface area (TPSA) is 73.2 Å². The fourth-order valence-corrected chi connectivity index (χ4v) is 4.01. The average molecular weight is 456 g/mol. The molecule has 0 bridgehead atoms. The van der Waals surface area contributed by atoms with Gasteiger partial charge in [0.15, 0.2) is 0 Å². The Balaban J connectivity index is 1.93. The molecule has 0 saturated carbocycles. The molecule has 3 N–H and O–H groups in total. The molecule has 0 aliphatic carbocycles. The largest absolute Gasteiger partial charge is 0.508 e. The Morgan fingerprint density at radius 1 is 0.588 bits per heavy atom. The SMILES string of the molecule is Cc1ccc(O)cc1Oc1cccc(N(c2c(C)ccc(C)c2O)c2c(C)ccc(C)c2O)c1. The van der Waals surface area contributed by atoms with E-state index in [4.69, 9.17) is 4.74 Å². The first kappa shape index (κ1) is 23.1. The molecular weight excluding hydrogens is 426 g/mol. The molecule has 0 atom stereocenters. The minimum atomic E-state index is 0.124. The third-order valence-electron chi connectivity index (χ3n) is 6.03. The van der Waals surface area contributed by atoms with Crippen LogP contribution in [0.3, 0.4) is 0 Å². The maximum atomic E-state index is 11.1. The van der Waals surface area contributed by atoms with Gasteiger partial charge in [0, 0.05) is 12.1 Å². The highest BCUT2D eigenvalue weighted by molar-refractivity contribution is 5.87. The van der Waals surface area contributed by atoms with E-state index in [1.165, 1.54) is 0 Å². The standard InChI is InChI=1S/C29H29NO4/c1-17-13-14-23(31)16-25(17)34-24-8-6-7-22(15-24)30(26-18(2)9-11-20(4)28(26)32)27-19(3)10-12-21(5)29(27)33/h6-16,31-33H,1-5H3. The van der Waals surface area contributed by atoms with Crippen molar-refractivity contribution < 1.29 is 20.1 Å². The Labute approximate surface area is 200 Å². The minimum Gasteiger partial charge on any atom is -0.508 e. The zero-order valence-electron chi connectivity index (χ0n) is 20.0. The lowest BCUT2D eigenvalue weighted by Crippen LogP contribution is -2.14. The molecule has 0 radical (unpaired) electrons. The van der Waals surface area contributed by atoms with E-state index in [-0.39, 0.29) is 17.2 Å². The molecular formula is C29H29NO4. The van der Waals surface area contributed by atoms with Crippen LogP contribution in [0.25, 0.3) is 0 Å². The van der Waals surface area contributed by atoms with Crippen LogP contribution in [0.4, 0.5) is 17.1 Å². The zero-order chi connectivity index (χ0) is 24.6. The Morgan fingerprint density at radius 3 is 1.71 bits per heavy atom. The molecule has 4 aromatic carbocycles. The maximum absolute atomic E-state index is 11.1. The van der Waals surface area contributed by atoms with Crippen LogP contribution in [0.1, 0.15) is 27.8 Å². The summed E-state index contributed by atoms with van der Waals surface area (Å²) in [6.45, 7) is 9.47. The summed E-state index contributed by atoms with van der Waals surface area (Å²) in [6.07, 6.45) is 0. The fraction of sp³-hybridized carbons (Fsp3) is 0.172. The Kier molecular flexibility index (Phi) is 6.12. The van der Waals surface area contributed by atoms with Gasteiger partial charge in [-0.3, -0.25) is 0 Å². The van der Waals surface area contributed by atoms with Crippen molar-refractivity contribution in [3.8, 4) is 28.7 Å². The van der Waals surface area contributed by atoms with Crippen LogP contribution in [0.15, 0.2) is 66.7 Å². The Bertz CT molecular complexity index is 1320. The van der Waals surface area contributed by atoms with Crippen molar-refractivity contribution >= 4 is 17.1 Å². The number of anilines is 3. The molecule has 0 heterocycles. The third-order valence-corrected chi connectivity index (χ3v) is 6.03. The summed E-state index contributed by atoms with van der Waals surface area (Å²) in [6, 6.07) is 20.1. The molecule has 0 saturated heterocycles. The smallest absolute Gasteiger partial charge is 0.142 e. The van der Waals surface area contributed by atoms with Gasteiger partial charge in [-0.15, -0.1) is 0 Å². The van der Waals surface area contributed by atoms with E-state index in [0.717, 1.165) is 27.8 Å². The summed E-state index contributed by atoms with van der Waals surface area (Å²) in [4.78, 5) is 1.87. The van der Waals surface area contributed by atoms with Gasteiger partial charge < -0.3 is 25.0 Å². The zero-order valence-corrected chi connectivity index (χ0v) is 20.0. The summed E-state index contributed by atoms with van der Waals surface area (Å²) in [7, 11) is 0. The van der Waals surface area contributed by atoms with E-state index in [2.05, 4.69) is 0 Å². The maximum Gasteiger partial charge on any atom is 0.142 e. The van der Waals surface area contributed by atoms with Crippen molar-refractivity contribution in [2.75, 3.05) is 4.90 Å². The first-order chi connectivity index (χ1) is 16.2. The highest BCUT2D eigenvalue weighted by Crippen LogP contribution is 2.49. The first-order valence-electron chi connectivity index (χ1n) is 11.1. The van der Waals surface area contributed by atoms with E-state index < -0.39 is 0 Å². The lowest BCUT2D eigenvalue weighted by atomic mass is 10.0. The van der Waals surface area contributed by atoms with Crippen LogP contribution < -0.4 is 9.64 Å². The van der Waals surface area contributed by atoms with Gasteiger partial charge in [0.1, 0.15) is 28.7 Å². The number of aromatic hydroxyl groups is 3. The molecule has 0 unspecified atom stereocenters. The van der Waals surface area contributed by atoms with Gasteiger partial charge in [-0.1, -0.05) is 36.4 Å². The molecule has 0 aliphatic heterocycles. The number of aryl methyl sites for hydroxylation is 5. The second-order valence-corrected chi connectivity index (χ2v) is 8.68. The van der Waals surface area contributed by atoms with Crippen LogP contribution in [-0.2, 0) is 0 Å². The molecule has 0 amide bonds. The number of nitrogens with zero attached hydrogens (tertiary/aromatic N) is 1. The lowest BCUT2D eigenvalue weighted by molar-refractivity contribution is 0.453. The molecule has 4 rings (SSSR count). The number of benzene rings is 4. The molecule has 0 spiro atoms. The molecule has 4 aromatic rings. The van der Waals surface area contributed by atoms with E-state index in [9.17, 15) is 15.3 Å². The van der Waals surface area contributed by atoms with Gasteiger partial charge in [0.2, 0.25) is 0 Å². The van der Waals surface area contributed by atoms with Crippen LogP contribution >= 0.6 is 0 Å². The molecule has 5 nitrogen and oxygen atoms in total. The van der Waals surface area contributed by atoms with Crippen LogP contribution in [0.5, 0.6) is 28.7 Å². The number of phenolic OH excluding ortho intramolecular Hbond substituents is 3. The van der Waals surface area contributed by atoms with Crippen molar-refractivity contribution in [1.29, 1.82) is 0 Å². The normalized spacial score (nSPS) is 10.9. The fourth-order valence-electron chi connectivity index (χ4n) is 4.01. The predicted octanol–water partition coefficient (Wildman–Crippen LogP) is 7.61. The van der Waals surface area contributed by atoms with Crippen molar-refractivity contribution in [3.05, 3.63) is 94.5 Å². The van der Waals surface area contributed by atoms with Gasteiger partial charge in [-0.05, 0) is 80.6 Å². The quantitative estimate of drug-likeness (QED) is 0.289. The molecule has 0 fully saturated rings. The van der Waals surface area contributed by atoms with Gasteiger partial charge >= 0.3 is 0 Å². The molecule has 0 aliphatic rings. The monoisotopic (exact) mass is 455 g/mol. The Morgan fingerprint density at radius 2 is 1.12 bits per heavy atom. The number of phenols is 3. The van der Waals surface area contributed by atoms with Gasteiger partial charge in [-0.2, -0.15) is 0 Å². The summed E-state index contributed by atoms with van der Waals surface area (Å²) in [5.74, 6) is 1.53. The number of hydrogen-bond acceptors (Lipinski definition) is 5. The second-order valence-electron chi connectivity index (χ2n) is 8.68. The van der Waals surface area contributed by atoms with Crippen molar-refractivity contribution in [1.82, 2.24) is 0 Å². The van der Waals surface area contributed by atoms with Crippen molar-refractivity contribution in [3.63, 3.8) is 0 Å². The summed E-state index contributed by atoms with van der Waals surface area (Å²) < 4.78 is 6.11. The molecule has 0 aromatic heterocycles. The van der Waals surface area contributed by atoms with Crippen LogP contribution in [-0.4, -0.2) is 15.3 Å².